The van der Waals surface area contributed by atoms with Crippen LogP contribution in [0.4, 0.5) is 0 Å². The van der Waals surface area contributed by atoms with Gasteiger partial charge < -0.3 is 0 Å². The molecule has 0 saturated carbocycles. The third-order valence-electron chi connectivity index (χ3n) is 7.87. The fourth-order valence-corrected chi connectivity index (χ4v) is 5.94. The van der Waals surface area contributed by atoms with Gasteiger partial charge in [-0.25, -0.2) is 0 Å². The Bertz CT molecular complexity index is 1920. The van der Waals surface area contributed by atoms with Gasteiger partial charge in [-0.3, -0.25) is 0 Å². The first-order valence-corrected chi connectivity index (χ1v) is 13.7. The van der Waals surface area contributed by atoms with E-state index in [9.17, 15) is 0 Å². The van der Waals surface area contributed by atoms with Gasteiger partial charge in [-0.2, -0.15) is 0 Å². The average molecular weight is 509 g/mol. The van der Waals surface area contributed by atoms with E-state index in [0.29, 0.717) is 0 Å². The van der Waals surface area contributed by atoms with Gasteiger partial charge in [0.15, 0.2) is 0 Å². The van der Waals surface area contributed by atoms with Crippen molar-refractivity contribution in [3.8, 4) is 44.5 Å². The van der Waals surface area contributed by atoms with E-state index in [1.807, 2.05) is 6.08 Å². The van der Waals surface area contributed by atoms with Crippen LogP contribution in [-0.2, 0) is 0 Å². The molecule has 0 saturated heterocycles. The van der Waals surface area contributed by atoms with Gasteiger partial charge in [0.1, 0.15) is 0 Å². The van der Waals surface area contributed by atoms with Crippen molar-refractivity contribution >= 4 is 27.6 Å². The highest BCUT2D eigenvalue weighted by atomic mass is 14.2. The number of fused-ring (bicyclic) bond motifs is 2. The number of rotatable bonds is 5. The smallest absolute Gasteiger partial charge is 0.00201 e. The molecule has 0 heterocycles. The van der Waals surface area contributed by atoms with Gasteiger partial charge in [0.25, 0.3) is 0 Å². The van der Waals surface area contributed by atoms with Crippen LogP contribution >= 0.6 is 0 Å². The van der Waals surface area contributed by atoms with Gasteiger partial charge in [0.2, 0.25) is 0 Å². The normalized spacial score (nSPS) is 11.1. The minimum Gasteiger partial charge on any atom is -0.0985 e. The average Bonchev–Trinajstić information content (AvgIpc) is 3.04. The van der Waals surface area contributed by atoms with Crippen molar-refractivity contribution in [1.82, 2.24) is 0 Å². The van der Waals surface area contributed by atoms with Crippen molar-refractivity contribution in [3.63, 3.8) is 0 Å². The van der Waals surface area contributed by atoms with E-state index in [1.165, 1.54) is 66.1 Å². The molecule has 7 aromatic rings. The van der Waals surface area contributed by atoms with Gasteiger partial charge in [-0.15, -0.1) is 0 Å². The Kier molecular flexibility index (Phi) is 6.07. The predicted octanol–water partition coefficient (Wildman–Crippen LogP) is 11.3. The molecule has 0 spiro atoms. The Morgan fingerprint density at radius 1 is 0.325 bits per heavy atom. The zero-order valence-corrected chi connectivity index (χ0v) is 22.2. The van der Waals surface area contributed by atoms with Crippen LogP contribution in [-0.4, -0.2) is 0 Å². The molecule has 0 radical (unpaired) electrons. The Labute approximate surface area is 235 Å². The lowest BCUT2D eigenvalue weighted by Crippen LogP contribution is -1.92. The Balaban J connectivity index is 1.47. The molecule has 188 valence electrons. The summed E-state index contributed by atoms with van der Waals surface area (Å²) >= 11 is 0. The van der Waals surface area contributed by atoms with Crippen LogP contribution in [0.3, 0.4) is 0 Å². The topological polar surface area (TPSA) is 0 Å². The largest absolute Gasteiger partial charge is 0.0985 e. The summed E-state index contributed by atoms with van der Waals surface area (Å²) in [5.41, 5.74) is 11.1. The molecule has 0 aliphatic heterocycles. The van der Waals surface area contributed by atoms with Crippen molar-refractivity contribution in [2.75, 3.05) is 0 Å². The molecule has 0 heteroatoms. The molecule has 0 nitrogen and oxygen atoms in total. The maximum absolute atomic E-state index is 3.87. The zero-order valence-electron chi connectivity index (χ0n) is 22.2. The van der Waals surface area contributed by atoms with E-state index in [1.54, 1.807) is 0 Å². The molecule has 7 rings (SSSR count). The second kappa shape index (κ2) is 10.2. The summed E-state index contributed by atoms with van der Waals surface area (Å²) in [6.07, 6.45) is 1.88. The highest BCUT2D eigenvalue weighted by Gasteiger charge is 2.18. The molecule has 0 amide bonds. The Morgan fingerprint density at radius 3 is 1.30 bits per heavy atom. The minimum atomic E-state index is 1.13. The molecule has 0 fully saturated rings. The van der Waals surface area contributed by atoms with E-state index in [0.717, 1.165) is 5.56 Å². The van der Waals surface area contributed by atoms with Crippen molar-refractivity contribution in [2.45, 2.75) is 0 Å². The molecule has 0 aliphatic rings. The molecular formula is C40H28. The maximum atomic E-state index is 3.87. The summed E-state index contributed by atoms with van der Waals surface area (Å²) in [4.78, 5) is 0. The SMILES string of the molecule is C=Cc1ccc(-c2ccc(-c3c4ccccc4c(-c4ccccc4-c4ccccc4)c4ccccc34)cc2)cc1. The van der Waals surface area contributed by atoms with Crippen LogP contribution in [0.15, 0.2) is 158 Å². The van der Waals surface area contributed by atoms with Gasteiger partial charge in [-0.1, -0.05) is 164 Å². The summed E-state index contributed by atoms with van der Waals surface area (Å²) in [5, 5.41) is 5.07. The van der Waals surface area contributed by atoms with Gasteiger partial charge in [-0.05, 0) is 71.6 Å². The Morgan fingerprint density at radius 2 is 0.750 bits per heavy atom. The summed E-state index contributed by atoms with van der Waals surface area (Å²) in [6, 6.07) is 54.8. The summed E-state index contributed by atoms with van der Waals surface area (Å²) in [7, 11) is 0. The van der Waals surface area contributed by atoms with E-state index in [4.69, 9.17) is 0 Å². The first-order chi connectivity index (χ1) is 19.8. The van der Waals surface area contributed by atoms with Crippen LogP contribution < -0.4 is 0 Å². The first-order valence-electron chi connectivity index (χ1n) is 13.7. The zero-order chi connectivity index (χ0) is 26.9. The lowest BCUT2D eigenvalue weighted by molar-refractivity contribution is 1.59. The highest BCUT2D eigenvalue weighted by Crippen LogP contribution is 2.46. The van der Waals surface area contributed by atoms with Gasteiger partial charge in [0, 0.05) is 0 Å². The monoisotopic (exact) mass is 508 g/mol. The van der Waals surface area contributed by atoms with Gasteiger partial charge in [0.05, 0.1) is 0 Å². The lowest BCUT2D eigenvalue weighted by Gasteiger charge is -2.19. The maximum Gasteiger partial charge on any atom is -0.00201 e. The Hall–Kier alpha value is -5.20. The second-order valence-electron chi connectivity index (χ2n) is 10.2. The minimum absolute atomic E-state index is 1.13. The molecule has 0 bridgehead atoms. The van der Waals surface area contributed by atoms with E-state index < -0.39 is 0 Å². The molecule has 7 aromatic carbocycles. The van der Waals surface area contributed by atoms with E-state index >= 15 is 0 Å². The second-order valence-corrected chi connectivity index (χ2v) is 10.2. The molecule has 0 aromatic heterocycles. The van der Waals surface area contributed by atoms with E-state index in [-0.39, 0.29) is 0 Å². The quantitative estimate of drug-likeness (QED) is 0.203. The molecule has 0 atom stereocenters. The van der Waals surface area contributed by atoms with Crippen molar-refractivity contribution in [1.29, 1.82) is 0 Å². The van der Waals surface area contributed by atoms with Crippen LogP contribution in [0, 0.1) is 0 Å². The van der Waals surface area contributed by atoms with Crippen molar-refractivity contribution in [2.24, 2.45) is 0 Å². The van der Waals surface area contributed by atoms with Crippen molar-refractivity contribution in [3.05, 3.63) is 164 Å². The summed E-state index contributed by atoms with van der Waals surface area (Å²) in [6.45, 7) is 3.87. The van der Waals surface area contributed by atoms with Crippen LogP contribution in [0.2, 0.25) is 0 Å². The molecular weight excluding hydrogens is 480 g/mol. The fraction of sp³-hybridized carbons (Fsp3) is 0. The van der Waals surface area contributed by atoms with Crippen LogP contribution in [0.1, 0.15) is 5.56 Å². The van der Waals surface area contributed by atoms with E-state index in [2.05, 4.69) is 158 Å². The lowest BCUT2D eigenvalue weighted by atomic mass is 9.83. The fourth-order valence-electron chi connectivity index (χ4n) is 5.94. The van der Waals surface area contributed by atoms with Crippen molar-refractivity contribution < 1.29 is 0 Å². The molecule has 0 unspecified atom stereocenters. The first kappa shape index (κ1) is 23.9. The molecule has 0 aliphatic carbocycles. The third-order valence-corrected chi connectivity index (χ3v) is 7.87. The standard InChI is InChI=1S/C40H28/c1-2-28-20-22-29(23-21-28)30-24-26-32(27-25-30)39-35-16-8-10-18-37(35)40(38-19-11-9-17-36(38)39)34-15-7-6-14-33(34)31-12-4-3-5-13-31/h2-27H,1H2. The number of hydrogen-bond acceptors (Lipinski definition) is 0. The van der Waals surface area contributed by atoms with Crippen LogP contribution in [0.5, 0.6) is 0 Å². The third kappa shape index (κ3) is 4.11. The van der Waals surface area contributed by atoms with Gasteiger partial charge >= 0.3 is 0 Å². The molecule has 0 N–H and O–H groups in total. The number of hydrogen-bond donors (Lipinski definition) is 0. The number of benzene rings is 7. The highest BCUT2D eigenvalue weighted by molar-refractivity contribution is 6.22. The van der Waals surface area contributed by atoms with Crippen LogP contribution in [0.25, 0.3) is 72.1 Å². The summed E-state index contributed by atoms with van der Waals surface area (Å²) in [5.74, 6) is 0. The summed E-state index contributed by atoms with van der Waals surface area (Å²) < 4.78 is 0. The molecule has 40 heavy (non-hydrogen) atoms. The predicted molar refractivity (Wildman–Crippen MR) is 173 cm³/mol.